The molecule has 1 aromatic rings. The van der Waals surface area contributed by atoms with Gasteiger partial charge in [-0.1, -0.05) is 12.1 Å². The highest BCUT2D eigenvalue weighted by atomic mass is 19.4. The highest BCUT2D eigenvalue weighted by Gasteiger charge is 2.37. The molecule has 19 heavy (non-hydrogen) atoms. The number of ketones is 1. The Labute approximate surface area is 107 Å². The predicted octanol–water partition coefficient (Wildman–Crippen LogP) is 2.59. The van der Waals surface area contributed by atoms with Gasteiger partial charge >= 0.3 is 6.18 Å². The zero-order valence-corrected chi connectivity index (χ0v) is 9.78. The average Bonchev–Trinajstić information content (AvgIpc) is 2.37. The van der Waals surface area contributed by atoms with E-state index in [0.717, 1.165) is 7.11 Å². The Kier molecular flexibility index (Phi) is 4.53. The zero-order valence-electron chi connectivity index (χ0n) is 9.78. The van der Waals surface area contributed by atoms with Crippen LogP contribution in [0.2, 0.25) is 0 Å². The summed E-state index contributed by atoms with van der Waals surface area (Å²) in [5.74, 6) is -2.45. The van der Waals surface area contributed by atoms with Gasteiger partial charge in [0.15, 0.2) is 5.88 Å². The van der Waals surface area contributed by atoms with Crippen molar-refractivity contribution in [2.45, 2.75) is 6.18 Å². The van der Waals surface area contributed by atoms with Gasteiger partial charge in [-0.15, -0.1) is 0 Å². The van der Waals surface area contributed by atoms with Gasteiger partial charge in [0, 0.05) is 0 Å². The summed E-state index contributed by atoms with van der Waals surface area (Å²) in [6, 6.07) is 7.99. The van der Waals surface area contributed by atoms with E-state index in [9.17, 15) is 18.0 Å². The number of carbonyl (C=O) groups is 1. The highest BCUT2D eigenvalue weighted by molar-refractivity contribution is 5.95. The fourth-order valence-electron chi connectivity index (χ4n) is 1.17. The molecule has 4 nitrogen and oxygen atoms in total. The number of nitrogens with one attached hydrogen (secondary N) is 1. The molecule has 1 N–H and O–H groups in total. The monoisotopic (exact) mass is 270 g/mol. The molecule has 0 aromatic heterocycles. The lowest BCUT2D eigenvalue weighted by atomic mass is 10.2. The number of carbonyl (C=O) groups excluding carboxylic acids is 1. The van der Waals surface area contributed by atoms with E-state index in [1.54, 1.807) is 12.1 Å². The number of rotatable bonds is 4. The van der Waals surface area contributed by atoms with Gasteiger partial charge in [-0.25, -0.2) is 0 Å². The number of nitriles is 1. The van der Waals surface area contributed by atoms with Crippen molar-refractivity contribution < 1.29 is 22.7 Å². The highest BCUT2D eigenvalue weighted by Crippen LogP contribution is 2.20. The number of hydrogen-bond acceptors (Lipinski definition) is 4. The summed E-state index contributed by atoms with van der Waals surface area (Å²) in [6.07, 6.45) is -4.69. The lowest BCUT2D eigenvalue weighted by Gasteiger charge is -2.11. The largest absolute Gasteiger partial charge is 0.482 e. The number of methoxy groups -OCH3 is 1. The molecule has 0 aliphatic heterocycles. The minimum absolute atomic E-state index is 0.213. The number of hydrogen-bond donors (Lipinski definition) is 1. The van der Waals surface area contributed by atoms with Crippen molar-refractivity contribution in [2.75, 3.05) is 12.4 Å². The third-order valence-electron chi connectivity index (χ3n) is 2.07. The summed E-state index contributed by atoms with van der Waals surface area (Å²) in [5, 5.41) is 11.3. The molecule has 1 aromatic carbocycles. The van der Waals surface area contributed by atoms with Crippen LogP contribution in [-0.4, -0.2) is 19.1 Å². The second-order valence-corrected chi connectivity index (χ2v) is 3.36. The number of allylic oxidation sites excluding steroid dienone is 1. The van der Waals surface area contributed by atoms with Crippen LogP contribution in [0.5, 0.6) is 0 Å². The van der Waals surface area contributed by atoms with Crippen molar-refractivity contribution >= 4 is 11.5 Å². The summed E-state index contributed by atoms with van der Waals surface area (Å²) in [6.45, 7) is 0. The summed E-state index contributed by atoms with van der Waals surface area (Å²) in [4.78, 5) is 10.8. The summed E-state index contributed by atoms with van der Waals surface area (Å²) in [7, 11) is 1.11. The quantitative estimate of drug-likeness (QED) is 0.674. The topological polar surface area (TPSA) is 62.1 Å². The number of para-hydroxylation sites is 1. The molecular weight excluding hydrogens is 261 g/mol. The molecule has 0 amide bonds. The lowest BCUT2D eigenvalue weighted by molar-refractivity contribution is -0.165. The molecule has 0 atom stereocenters. The summed E-state index contributed by atoms with van der Waals surface area (Å²) < 4.78 is 40.9. The molecule has 7 heteroatoms. The molecule has 0 unspecified atom stereocenters. The van der Waals surface area contributed by atoms with Crippen molar-refractivity contribution in [3.05, 3.63) is 41.8 Å². The summed E-state index contributed by atoms with van der Waals surface area (Å²) >= 11 is 0. The van der Waals surface area contributed by atoms with Crippen molar-refractivity contribution in [2.24, 2.45) is 0 Å². The van der Waals surface area contributed by atoms with Crippen LogP contribution in [0, 0.1) is 11.3 Å². The minimum Gasteiger partial charge on any atom is -0.482 e. The SMILES string of the molecule is CO/C(=C/C(=O)C(F)(F)F)Nc1ccccc1C#N. The normalized spacial score (nSPS) is 11.6. The molecule has 0 saturated carbocycles. The lowest BCUT2D eigenvalue weighted by Crippen LogP contribution is -2.21. The maximum absolute atomic E-state index is 12.1. The number of benzene rings is 1. The van der Waals surface area contributed by atoms with Crippen LogP contribution in [0.1, 0.15) is 5.56 Å². The van der Waals surface area contributed by atoms with Crippen molar-refractivity contribution in [3.63, 3.8) is 0 Å². The van der Waals surface area contributed by atoms with E-state index < -0.39 is 17.8 Å². The summed E-state index contributed by atoms with van der Waals surface area (Å²) in [5.41, 5.74) is 0.456. The number of alkyl halides is 3. The Morgan fingerprint density at radius 2 is 2.05 bits per heavy atom. The Bertz CT molecular complexity index is 545. The smallest absolute Gasteiger partial charge is 0.454 e. The van der Waals surface area contributed by atoms with E-state index in [1.807, 2.05) is 6.07 Å². The van der Waals surface area contributed by atoms with Crippen LogP contribution < -0.4 is 5.32 Å². The first kappa shape index (κ1) is 14.6. The van der Waals surface area contributed by atoms with Crippen LogP contribution in [0.3, 0.4) is 0 Å². The molecule has 1 rings (SSSR count). The first-order valence-corrected chi connectivity index (χ1v) is 5.01. The molecule has 0 saturated heterocycles. The molecule has 0 heterocycles. The van der Waals surface area contributed by atoms with E-state index in [-0.39, 0.29) is 17.3 Å². The average molecular weight is 270 g/mol. The van der Waals surface area contributed by atoms with Gasteiger partial charge in [-0.3, -0.25) is 4.79 Å². The minimum atomic E-state index is -4.97. The maximum atomic E-state index is 12.1. The number of anilines is 1. The molecule has 100 valence electrons. The van der Waals surface area contributed by atoms with Crippen molar-refractivity contribution in [1.29, 1.82) is 5.26 Å². The van der Waals surface area contributed by atoms with Crippen LogP contribution in [0.25, 0.3) is 0 Å². The van der Waals surface area contributed by atoms with Crippen LogP contribution >= 0.6 is 0 Å². The van der Waals surface area contributed by atoms with Crippen LogP contribution in [0.15, 0.2) is 36.2 Å². The number of halogens is 3. The van der Waals surface area contributed by atoms with Gasteiger partial charge in [0.1, 0.15) is 6.07 Å². The van der Waals surface area contributed by atoms with Crippen molar-refractivity contribution in [1.82, 2.24) is 0 Å². The van der Waals surface area contributed by atoms with Gasteiger partial charge in [-0.05, 0) is 12.1 Å². The van der Waals surface area contributed by atoms with E-state index in [1.165, 1.54) is 12.1 Å². The van der Waals surface area contributed by atoms with Crippen molar-refractivity contribution in [3.8, 4) is 6.07 Å². The number of nitrogens with zero attached hydrogens (tertiary/aromatic N) is 1. The Balaban J connectivity index is 2.98. The molecule has 0 radical (unpaired) electrons. The fraction of sp³-hybridized carbons (Fsp3) is 0.167. The van der Waals surface area contributed by atoms with Crippen LogP contribution in [-0.2, 0) is 9.53 Å². The Hall–Kier alpha value is -2.49. The predicted molar refractivity (Wildman–Crippen MR) is 60.9 cm³/mol. The van der Waals surface area contributed by atoms with Crippen LogP contribution in [0.4, 0.5) is 18.9 Å². The van der Waals surface area contributed by atoms with Gasteiger partial charge < -0.3 is 10.1 Å². The molecule has 0 bridgehead atoms. The third-order valence-corrected chi connectivity index (χ3v) is 2.07. The van der Waals surface area contributed by atoms with E-state index in [4.69, 9.17) is 5.26 Å². The van der Waals surface area contributed by atoms with Gasteiger partial charge in [0.25, 0.3) is 5.78 Å². The number of ether oxygens (including phenoxy) is 1. The maximum Gasteiger partial charge on any atom is 0.454 e. The molecule has 0 aliphatic rings. The van der Waals surface area contributed by atoms with E-state index in [0.29, 0.717) is 0 Å². The first-order valence-electron chi connectivity index (χ1n) is 5.01. The second kappa shape index (κ2) is 5.91. The first-order chi connectivity index (χ1) is 8.88. The van der Waals surface area contributed by atoms with Gasteiger partial charge in [0.2, 0.25) is 0 Å². The molecule has 0 fully saturated rings. The standard InChI is InChI=1S/C12H9F3N2O2/c1-19-11(6-10(18)12(13,14)15)17-9-5-3-2-4-8(9)7-16/h2-6,17H,1H3/b11-6+. The van der Waals surface area contributed by atoms with E-state index in [2.05, 4.69) is 10.1 Å². The molecular formula is C12H9F3N2O2. The van der Waals surface area contributed by atoms with E-state index >= 15 is 0 Å². The van der Waals surface area contributed by atoms with Gasteiger partial charge in [-0.2, -0.15) is 18.4 Å². The fourth-order valence-corrected chi connectivity index (χ4v) is 1.17. The molecule has 0 aliphatic carbocycles. The third kappa shape index (κ3) is 4.03. The Morgan fingerprint density at radius 1 is 1.42 bits per heavy atom. The Morgan fingerprint density at radius 3 is 2.58 bits per heavy atom. The van der Waals surface area contributed by atoms with Gasteiger partial charge in [0.05, 0.1) is 24.4 Å². The molecule has 0 spiro atoms. The zero-order chi connectivity index (χ0) is 14.5. The second-order valence-electron chi connectivity index (χ2n) is 3.36.